The largest absolute Gasteiger partial charge is 0.342 e. The number of rotatable bonds is 7. The van der Waals surface area contributed by atoms with E-state index >= 15 is 0 Å². The summed E-state index contributed by atoms with van der Waals surface area (Å²) >= 11 is 0. The van der Waals surface area contributed by atoms with Crippen LogP contribution >= 0.6 is 0 Å². The number of likely N-dealkylation sites (N-methyl/N-ethyl adjacent to an activating group) is 1. The van der Waals surface area contributed by atoms with Crippen LogP contribution in [0, 0.1) is 17.2 Å². The Bertz CT molecular complexity index is 805. The first-order valence-electron chi connectivity index (χ1n) is 11.9. The predicted molar refractivity (Wildman–Crippen MR) is 122 cm³/mol. The van der Waals surface area contributed by atoms with Gasteiger partial charge < -0.3 is 10.2 Å². The van der Waals surface area contributed by atoms with Crippen molar-refractivity contribution in [2.45, 2.75) is 69.7 Å². The van der Waals surface area contributed by atoms with Gasteiger partial charge in [0.2, 0.25) is 5.91 Å². The molecule has 4 rings (SSSR count). The van der Waals surface area contributed by atoms with Gasteiger partial charge in [-0.3, -0.25) is 19.9 Å². The second-order valence-electron chi connectivity index (χ2n) is 9.82. The Hall–Kier alpha value is -2.37. The summed E-state index contributed by atoms with van der Waals surface area (Å²) in [5.74, 6) is 1.40. The van der Waals surface area contributed by atoms with Gasteiger partial charge in [-0.15, -0.1) is 0 Å². The van der Waals surface area contributed by atoms with Crippen LogP contribution in [0.25, 0.3) is 0 Å². The first-order valence-corrected chi connectivity index (χ1v) is 11.9. The highest BCUT2D eigenvalue weighted by Gasteiger charge is 2.49. The van der Waals surface area contributed by atoms with Gasteiger partial charge in [0, 0.05) is 20.1 Å². The lowest BCUT2D eigenvalue weighted by atomic mass is 9.78. The Kier molecular flexibility index (Phi) is 6.63. The molecule has 6 heteroatoms. The number of nitrogens with zero attached hydrogens (tertiary/aromatic N) is 2. The predicted octanol–water partition coefficient (Wildman–Crippen LogP) is 3.56. The van der Waals surface area contributed by atoms with E-state index < -0.39 is 5.54 Å². The van der Waals surface area contributed by atoms with E-state index in [2.05, 4.69) is 5.32 Å². The van der Waals surface area contributed by atoms with Crippen molar-refractivity contribution in [2.75, 3.05) is 20.1 Å². The highest BCUT2D eigenvalue weighted by molar-refractivity contribution is 6.07. The minimum Gasteiger partial charge on any atom is -0.342 e. The number of likely N-dealkylation sites (tertiary alicyclic amines) is 1. The standard InChI is InChI=1S/C25H36N4O2/c1-28-23(31)25(27-24(28)26,14-12-19-8-4-2-5-9-19)17-21-13-15-29(18-21)22(30)16-20-10-6-3-7-11-20/h3,6-7,10-11,19,21H,2,4-5,8-9,12-18H2,1H3,(H2,26,27)/t21-,25-/m0/s1. The van der Waals surface area contributed by atoms with Crippen molar-refractivity contribution in [3.63, 3.8) is 0 Å². The summed E-state index contributed by atoms with van der Waals surface area (Å²) < 4.78 is 0. The summed E-state index contributed by atoms with van der Waals surface area (Å²) in [6.07, 6.45) is 10.4. The van der Waals surface area contributed by atoms with Crippen molar-refractivity contribution in [1.82, 2.24) is 15.1 Å². The normalized spacial score (nSPS) is 27.1. The average molecular weight is 425 g/mol. The molecule has 2 amide bonds. The maximum Gasteiger partial charge on any atom is 0.254 e. The van der Waals surface area contributed by atoms with Crippen LogP contribution in [-0.4, -0.2) is 53.2 Å². The molecular weight excluding hydrogens is 388 g/mol. The number of carbonyl (C=O) groups excluding carboxylic acids is 2. The third-order valence-electron chi connectivity index (χ3n) is 7.59. The van der Waals surface area contributed by atoms with Crippen molar-refractivity contribution < 1.29 is 9.59 Å². The van der Waals surface area contributed by atoms with Crippen LogP contribution in [0.3, 0.4) is 0 Å². The highest BCUT2D eigenvalue weighted by Crippen LogP contribution is 2.36. The molecule has 6 nitrogen and oxygen atoms in total. The van der Waals surface area contributed by atoms with Crippen molar-refractivity contribution in [3.8, 4) is 0 Å². The minimum atomic E-state index is -0.674. The molecule has 2 N–H and O–H groups in total. The number of benzene rings is 1. The maximum absolute atomic E-state index is 13.2. The van der Waals surface area contributed by atoms with Crippen molar-refractivity contribution in [2.24, 2.45) is 11.8 Å². The first kappa shape index (κ1) is 21.8. The molecular formula is C25H36N4O2. The zero-order valence-corrected chi connectivity index (χ0v) is 18.7. The molecule has 1 aromatic carbocycles. The second kappa shape index (κ2) is 9.41. The smallest absolute Gasteiger partial charge is 0.254 e. The van der Waals surface area contributed by atoms with Gasteiger partial charge in [-0.1, -0.05) is 62.4 Å². The zero-order valence-electron chi connectivity index (χ0n) is 18.7. The van der Waals surface area contributed by atoms with Crippen molar-refractivity contribution in [1.29, 1.82) is 5.41 Å². The third-order valence-corrected chi connectivity index (χ3v) is 7.59. The van der Waals surface area contributed by atoms with Gasteiger partial charge in [0.05, 0.1) is 6.42 Å². The topological polar surface area (TPSA) is 76.5 Å². The van der Waals surface area contributed by atoms with Gasteiger partial charge in [0.1, 0.15) is 5.54 Å². The molecule has 31 heavy (non-hydrogen) atoms. The molecule has 1 saturated carbocycles. The molecule has 0 spiro atoms. The average Bonchev–Trinajstić information content (AvgIpc) is 3.33. The fraction of sp³-hybridized carbons (Fsp3) is 0.640. The summed E-state index contributed by atoms with van der Waals surface area (Å²) in [4.78, 5) is 29.4. The van der Waals surface area contributed by atoms with Crippen molar-refractivity contribution >= 4 is 17.8 Å². The fourth-order valence-corrected chi connectivity index (χ4v) is 5.72. The van der Waals surface area contributed by atoms with Gasteiger partial charge in [-0.05, 0) is 43.1 Å². The molecule has 0 unspecified atom stereocenters. The van der Waals surface area contributed by atoms with Crippen LogP contribution in [0.1, 0.15) is 63.4 Å². The molecule has 2 aliphatic heterocycles. The lowest BCUT2D eigenvalue weighted by molar-refractivity contribution is -0.131. The summed E-state index contributed by atoms with van der Waals surface area (Å²) in [6, 6.07) is 9.89. The molecule has 168 valence electrons. The molecule has 2 saturated heterocycles. The Labute approximate surface area is 185 Å². The molecule has 0 bridgehead atoms. The molecule has 2 heterocycles. The lowest BCUT2D eigenvalue weighted by Crippen LogP contribution is -2.49. The fourth-order valence-electron chi connectivity index (χ4n) is 5.72. The van der Waals surface area contributed by atoms with E-state index in [0.717, 1.165) is 31.4 Å². The van der Waals surface area contributed by atoms with Crippen LogP contribution < -0.4 is 5.32 Å². The van der Waals surface area contributed by atoms with Crippen LogP contribution in [-0.2, 0) is 16.0 Å². The Morgan fingerprint density at radius 1 is 1.13 bits per heavy atom. The van der Waals surface area contributed by atoms with Gasteiger partial charge in [-0.25, -0.2) is 0 Å². The highest BCUT2D eigenvalue weighted by atomic mass is 16.2. The van der Waals surface area contributed by atoms with Crippen molar-refractivity contribution in [3.05, 3.63) is 35.9 Å². The molecule has 1 aromatic rings. The first-order chi connectivity index (χ1) is 15.0. The lowest BCUT2D eigenvalue weighted by Gasteiger charge is -2.32. The molecule has 1 aliphatic carbocycles. The van der Waals surface area contributed by atoms with Gasteiger partial charge in [0.25, 0.3) is 5.91 Å². The van der Waals surface area contributed by atoms with Gasteiger partial charge >= 0.3 is 0 Å². The Balaban J connectivity index is 1.38. The number of amides is 2. The molecule has 2 atom stereocenters. The number of nitrogens with one attached hydrogen (secondary N) is 2. The number of hydrogen-bond donors (Lipinski definition) is 2. The maximum atomic E-state index is 13.2. The Morgan fingerprint density at radius 3 is 2.55 bits per heavy atom. The quantitative estimate of drug-likeness (QED) is 0.703. The van der Waals surface area contributed by atoms with Gasteiger partial charge in [-0.2, -0.15) is 0 Å². The summed E-state index contributed by atoms with van der Waals surface area (Å²) in [5.41, 5.74) is 0.370. The number of hydrogen-bond acceptors (Lipinski definition) is 3. The SMILES string of the molecule is CN1C(=N)N[C@@](CCC2CCCCC2)(C[C@@H]2CCN(C(=O)Cc3ccccc3)C2)C1=O. The van der Waals surface area contributed by atoms with E-state index in [1.807, 2.05) is 35.2 Å². The summed E-state index contributed by atoms with van der Waals surface area (Å²) in [6.45, 7) is 1.47. The van der Waals surface area contributed by atoms with E-state index in [4.69, 9.17) is 5.41 Å². The van der Waals surface area contributed by atoms with Crippen LogP contribution in [0.5, 0.6) is 0 Å². The van der Waals surface area contributed by atoms with Crippen LogP contribution in [0.4, 0.5) is 0 Å². The third kappa shape index (κ3) is 4.94. The Morgan fingerprint density at radius 2 is 1.87 bits per heavy atom. The number of carbonyl (C=O) groups is 2. The van der Waals surface area contributed by atoms with E-state index in [-0.39, 0.29) is 17.8 Å². The van der Waals surface area contributed by atoms with E-state index in [0.29, 0.717) is 31.2 Å². The van der Waals surface area contributed by atoms with E-state index in [1.165, 1.54) is 37.0 Å². The molecule has 3 aliphatic rings. The van der Waals surface area contributed by atoms with Gasteiger partial charge in [0.15, 0.2) is 5.96 Å². The van der Waals surface area contributed by atoms with Crippen LogP contribution in [0.2, 0.25) is 0 Å². The monoisotopic (exact) mass is 424 g/mol. The molecule has 0 aromatic heterocycles. The summed E-state index contributed by atoms with van der Waals surface area (Å²) in [5, 5.41) is 11.5. The second-order valence-corrected chi connectivity index (χ2v) is 9.82. The zero-order chi connectivity index (χ0) is 21.8. The molecule has 0 radical (unpaired) electrons. The van der Waals surface area contributed by atoms with E-state index in [9.17, 15) is 9.59 Å². The van der Waals surface area contributed by atoms with Crippen LogP contribution in [0.15, 0.2) is 30.3 Å². The summed E-state index contributed by atoms with van der Waals surface area (Å²) in [7, 11) is 1.70. The minimum absolute atomic E-state index is 0.0300. The number of guanidine groups is 1. The van der Waals surface area contributed by atoms with E-state index in [1.54, 1.807) is 7.05 Å². The molecule has 3 fully saturated rings.